The Morgan fingerprint density at radius 3 is 2.67 bits per heavy atom. The van der Waals surface area contributed by atoms with Crippen molar-refractivity contribution in [2.24, 2.45) is 11.7 Å². The number of aryl methyl sites for hydroxylation is 1. The van der Waals surface area contributed by atoms with Gasteiger partial charge >= 0.3 is 0 Å². The van der Waals surface area contributed by atoms with Gasteiger partial charge in [0.2, 0.25) is 0 Å². The van der Waals surface area contributed by atoms with Crippen molar-refractivity contribution in [3.05, 3.63) is 35.4 Å². The lowest BCUT2D eigenvalue weighted by Gasteiger charge is -2.26. The van der Waals surface area contributed by atoms with Crippen LogP contribution < -0.4 is 5.73 Å². The van der Waals surface area contributed by atoms with Crippen LogP contribution in [0, 0.1) is 12.8 Å². The summed E-state index contributed by atoms with van der Waals surface area (Å²) in [7, 11) is 0. The fourth-order valence-corrected chi connectivity index (χ4v) is 2.62. The topological polar surface area (TPSA) is 29.3 Å². The fourth-order valence-electron chi connectivity index (χ4n) is 2.62. The summed E-state index contributed by atoms with van der Waals surface area (Å²) in [6.07, 6.45) is 4.05. The van der Waals surface area contributed by atoms with Gasteiger partial charge in [-0.25, -0.2) is 0 Å². The molecule has 0 heterocycles. The zero-order valence-corrected chi connectivity index (χ0v) is 11.7. The molecule has 0 amide bonds. The number of hydrogen-bond acceptors (Lipinski definition) is 2. The standard InChI is InChI=1S/C16H26N2/c1-3-10-18(11-14-8-9-14)12-16(17)15-7-5-4-6-13(15)2/h4-7,14,16H,3,8-12,17H2,1-2H3. The predicted molar refractivity (Wildman–Crippen MR) is 77.6 cm³/mol. The molecule has 18 heavy (non-hydrogen) atoms. The first-order valence-electron chi connectivity index (χ1n) is 7.24. The number of hydrogen-bond donors (Lipinski definition) is 1. The lowest BCUT2D eigenvalue weighted by Crippen LogP contribution is -2.34. The molecule has 1 aliphatic carbocycles. The highest BCUT2D eigenvalue weighted by molar-refractivity contribution is 5.28. The summed E-state index contributed by atoms with van der Waals surface area (Å²) in [5.74, 6) is 0.945. The molecule has 0 aromatic heterocycles. The van der Waals surface area contributed by atoms with E-state index >= 15 is 0 Å². The third-order valence-corrected chi connectivity index (χ3v) is 3.80. The summed E-state index contributed by atoms with van der Waals surface area (Å²) >= 11 is 0. The molecule has 2 heteroatoms. The van der Waals surface area contributed by atoms with Crippen molar-refractivity contribution in [2.45, 2.75) is 39.2 Å². The van der Waals surface area contributed by atoms with Gasteiger partial charge in [0.25, 0.3) is 0 Å². The van der Waals surface area contributed by atoms with Crippen LogP contribution in [-0.4, -0.2) is 24.5 Å². The highest BCUT2D eigenvalue weighted by Crippen LogP contribution is 2.30. The third kappa shape index (κ3) is 3.82. The van der Waals surface area contributed by atoms with Crippen molar-refractivity contribution in [1.82, 2.24) is 4.90 Å². The van der Waals surface area contributed by atoms with Crippen LogP contribution in [0.4, 0.5) is 0 Å². The van der Waals surface area contributed by atoms with Gasteiger partial charge < -0.3 is 10.6 Å². The number of benzene rings is 1. The zero-order chi connectivity index (χ0) is 13.0. The Bertz CT molecular complexity index is 371. The van der Waals surface area contributed by atoms with Gasteiger partial charge in [-0.3, -0.25) is 0 Å². The van der Waals surface area contributed by atoms with Gasteiger partial charge in [0.1, 0.15) is 0 Å². The quantitative estimate of drug-likeness (QED) is 0.801. The van der Waals surface area contributed by atoms with Crippen molar-refractivity contribution in [3.63, 3.8) is 0 Å². The van der Waals surface area contributed by atoms with E-state index in [2.05, 4.69) is 43.0 Å². The molecule has 2 rings (SSSR count). The SMILES string of the molecule is CCCN(CC1CC1)CC(N)c1ccccc1C. The third-order valence-electron chi connectivity index (χ3n) is 3.80. The molecule has 1 fully saturated rings. The normalized spacial score (nSPS) is 17.1. The van der Waals surface area contributed by atoms with E-state index in [9.17, 15) is 0 Å². The average molecular weight is 246 g/mol. The van der Waals surface area contributed by atoms with E-state index in [-0.39, 0.29) is 6.04 Å². The Hall–Kier alpha value is -0.860. The summed E-state index contributed by atoms with van der Waals surface area (Å²) in [4.78, 5) is 2.55. The lowest BCUT2D eigenvalue weighted by atomic mass is 10.0. The van der Waals surface area contributed by atoms with E-state index in [1.165, 1.54) is 43.5 Å². The minimum absolute atomic E-state index is 0.150. The van der Waals surface area contributed by atoms with Crippen molar-refractivity contribution in [2.75, 3.05) is 19.6 Å². The predicted octanol–water partition coefficient (Wildman–Crippen LogP) is 3.12. The van der Waals surface area contributed by atoms with Crippen molar-refractivity contribution in [1.29, 1.82) is 0 Å². The highest BCUT2D eigenvalue weighted by atomic mass is 15.1. The van der Waals surface area contributed by atoms with E-state index in [1.807, 2.05) is 0 Å². The number of rotatable bonds is 7. The molecule has 100 valence electrons. The van der Waals surface area contributed by atoms with Gasteiger partial charge in [-0.1, -0.05) is 31.2 Å². The maximum absolute atomic E-state index is 6.38. The van der Waals surface area contributed by atoms with E-state index in [1.54, 1.807) is 0 Å². The summed E-state index contributed by atoms with van der Waals surface area (Å²) in [6, 6.07) is 8.64. The van der Waals surface area contributed by atoms with Crippen LogP contribution in [0.5, 0.6) is 0 Å². The van der Waals surface area contributed by atoms with Gasteiger partial charge in [-0.15, -0.1) is 0 Å². The molecule has 1 saturated carbocycles. The average Bonchev–Trinajstić information content (AvgIpc) is 3.13. The lowest BCUT2D eigenvalue weighted by molar-refractivity contribution is 0.248. The number of nitrogens with zero attached hydrogens (tertiary/aromatic N) is 1. The molecule has 2 N–H and O–H groups in total. The van der Waals surface area contributed by atoms with Gasteiger partial charge in [0, 0.05) is 19.1 Å². The smallest absolute Gasteiger partial charge is 0.0426 e. The van der Waals surface area contributed by atoms with E-state index in [0.717, 1.165) is 12.5 Å². The maximum Gasteiger partial charge on any atom is 0.0426 e. The van der Waals surface area contributed by atoms with Crippen LogP contribution in [-0.2, 0) is 0 Å². The molecule has 0 radical (unpaired) electrons. The minimum Gasteiger partial charge on any atom is -0.323 e. The monoisotopic (exact) mass is 246 g/mol. The molecule has 0 spiro atoms. The molecule has 1 aromatic rings. The molecule has 2 nitrogen and oxygen atoms in total. The molecular formula is C16H26N2. The molecule has 1 aromatic carbocycles. The van der Waals surface area contributed by atoms with Crippen LogP contribution in [0.1, 0.15) is 43.4 Å². The summed E-state index contributed by atoms with van der Waals surface area (Å²) in [5.41, 5.74) is 8.99. The Balaban J connectivity index is 1.94. The van der Waals surface area contributed by atoms with E-state index in [0.29, 0.717) is 0 Å². The zero-order valence-electron chi connectivity index (χ0n) is 11.7. The highest BCUT2D eigenvalue weighted by Gasteiger charge is 2.25. The Morgan fingerprint density at radius 2 is 2.06 bits per heavy atom. The molecule has 1 aliphatic rings. The van der Waals surface area contributed by atoms with Crippen LogP contribution in [0.2, 0.25) is 0 Å². The van der Waals surface area contributed by atoms with Gasteiger partial charge in [-0.05, 0) is 49.8 Å². The van der Waals surface area contributed by atoms with Crippen LogP contribution in [0.3, 0.4) is 0 Å². The maximum atomic E-state index is 6.38. The van der Waals surface area contributed by atoms with Crippen LogP contribution >= 0.6 is 0 Å². The second kappa shape index (κ2) is 6.35. The summed E-state index contributed by atoms with van der Waals surface area (Å²) in [5, 5.41) is 0. The van der Waals surface area contributed by atoms with E-state index < -0.39 is 0 Å². The van der Waals surface area contributed by atoms with Crippen molar-refractivity contribution in [3.8, 4) is 0 Å². The first-order chi connectivity index (χ1) is 8.70. The number of nitrogens with two attached hydrogens (primary N) is 1. The Morgan fingerprint density at radius 1 is 1.33 bits per heavy atom. The second-order valence-corrected chi connectivity index (χ2v) is 5.67. The second-order valence-electron chi connectivity index (χ2n) is 5.67. The van der Waals surface area contributed by atoms with Crippen LogP contribution in [0.15, 0.2) is 24.3 Å². The summed E-state index contributed by atoms with van der Waals surface area (Å²) < 4.78 is 0. The Kier molecular flexibility index (Phi) is 4.79. The van der Waals surface area contributed by atoms with Gasteiger partial charge in [0.05, 0.1) is 0 Å². The molecule has 1 unspecified atom stereocenters. The molecular weight excluding hydrogens is 220 g/mol. The van der Waals surface area contributed by atoms with Crippen molar-refractivity contribution >= 4 is 0 Å². The minimum atomic E-state index is 0.150. The molecule has 0 aliphatic heterocycles. The molecule has 0 saturated heterocycles. The first-order valence-corrected chi connectivity index (χ1v) is 7.24. The van der Waals surface area contributed by atoms with Gasteiger partial charge in [0.15, 0.2) is 0 Å². The van der Waals surface area contributed by atoms with Gasteiger partial charge in [-0.2, -0.15) is 0 Å². The molecule has 0 bridgehead atoms. The largest absolute Gasteiger partial charge is 0.323 e. The first kappa shape index (κ1) is 13.6. The Labute approximate surface area is 111 Å². The fraction of sp³-hybridized carbons (Fsp3) is 0.625. The molecule has 1 atom stereocenters. The van der Waals surface area contributed by atoms with Crippen LogP contribution in [0.25, 0.3) is 0 Å². The summed E-state index contributed by atoms with van der Waals surface area (Å²) in [6.45, 7) is 7.82. The van der Waals surface area contributed by atoms with E-state index in [4.69, 9.17) is 5.73 Å². The van der Waals surface area contributed by atoms with Crippen molar-refractivity contribution < 1.29 is 0 Å².